The Balaban J connectivity index is 1.52. The van der Waals surface area contributed by atoms with Gasteiger partial charge in [-0.1, -0.05) is 13.8 Å². The third-order valence-electron chi connectivity index (χ3n) is 5.18. The van der Waals surface area contributed by atoms with Gasteiger partial charge in [0.2, 0.25) is 0 Å². The third kappa shape index (κ3) is 3.44. The average Bonchev–Trinajstić information content (AvgIpc) is 3.49. The van der Waals surface area contributed by atoms with Crippen molar-refractivity contribution in [2.45, 2.75) is 45.4 Å². The van der Waals surface area contributed by atoms with E-state index >= 15 is 0 Å². The number of rotatable bonds is 4. The van der Waals surface area contributed by atoms with Crippen LogP contribution in [0.1, 0.15) is 55.7 Å². The number of hydrogen-bond acceptors (Lipinski definition) is 6. The zero-order valence-electron chi connectivity index (χ0n) is 15.9. The summed E-state index contributed by atoms with van der Waals surface area (Å²) in [4.78, 5) is 20.8. The van der Waals surface area contributed by atoms with Crippen molar-refractivity contribution in [2.24, 2.45) is 0 Å². The highest BCUT2D eigenvalue weighted by Crippen LogP contribution is 2.39. The van der Waals surface area contributed by atoms with Crippen LogP contribution in [-0.4, -0.2) is 46.1 Å². The van der Waals surface area contributed by atoms with Crippen LogP contribution in [0, 0.1) is 18.6 Å². The van der Waals surface area contributed by atoms with Crippen LogP contribution in [0.2, 0.25) is 0 Å². The first-order chi connectivity index (χ1) is 13.0. The molecule has 1 saturated carbocycles. The standard InChI is InChI=1S/C19H24F2N6/c1-11(2)16-15(21)18(23-10-22-16)26-6-8-27(9-7-26)19-14(20)12(3)24-17(25-19)13-4-5-13/h10-11,13H,4-9H2,1-3H3. The summed E-state index contributed by atoms with van der Waals surface area (Å²) in [6, 6.07) is 0. The molecule has 8 heteroatoms. The van der Waals surface area contributed by atoms with Crippen LogP contribution in [0.25, 0.3) is 0 Å². The van der Waals surface area contributed by atoms with Crippen LogP contribution in [0.4, 0.5) is 20.4 Å². The molecule has 0 N–H and O–H groups in total. The summed E-state index contributed by atoms with van der Waals surface area (Å²) >= 11 is 0. The molecular weight excluding hydrogens is 350 g/mol. The zero-order chi connectivity index (χ0) is 19.1. The molecule has 1 aliphatic carbocycles. The number of hydrogen-bond donors (Lipinski definition) is 0. The first-order valence-corrected chi connectivity index (χ1v) is 9.50. The maximum atomic E-state index is 14.7. The molecule has 0 unspecified atom stereocenters. The van der Waals surface area contributed by atoms with E-state index in [2.05, 4.69) is 19.9 Å². The van der Waals surface area contributed by atoms with E-state index in [1.807, 2.05) is 23.6 Å². The van der Waals surface area contributed by atoms with Crippen molar-refractivity contribution in [1.29, 1.82) is 0 Å². The molecule has 4 rings (SSSR count). The van der Waals surface area contributed by atoms with Gasteiger partial charge in [0, 0.05) is 32.1 Å². The minimum atomic E-state index is -0.360. The van der Waals surface area contributed by atoms with E-state index in [0.29, 0.717) is 55.1 Å². The summed E-state index contributed by atoms with van der Waals surface area (Å²) in [5.41, 5.74) is 0.821. The highest BCUT2D eigenvalue weighted by atomic mass is 19.1. The Bertz CT molecular complexity index is 844. The molecule has 2 fully saturated rings. The van der Waals surface area contributed by atoms with E-state index in [1.165, 1.54) is 6.33 Å². The summed E-state index contributed by atoms with van der Waals surface area (Å²) in [7, 11) is 0. The van der Waals surface area contributed by atoms with Crippen LogP contribution in [0.5, 0.6) is 0 Å². The van der Waals surface area contributed by atoms with Gasteiger partial charge in [0.25, 0.3) is 0 Å². The fraction of sp³-hybridized carbons (Fsp3) is 0.579. The normalized spacial score (nSPS) is 17.7. The Morgan fingerprint density at radius 1 is 0.926 bits per heavy atom. The summed E-state index contributed by atoms with van der Waals surface area (Å²) in [5, 5.41) is 0. The van der Waals surface area contributed by atoms with Crippen molar-refractivity contribution in [3.05, 3.63) is 35.2 Å². The lowest BCUT2D eigenvalue weighted by molar-refractivity contribution is 0.546. The second-order valence-corrected chi connectivity index (χ2v) is 7.60. The van der Waals surface area contributed by atoms with Gasteiger partial charge in [0.05, 0.1) is 11.4 Å². The summed E-state index contributed by atoms with van der Waals surface area (Å²) < 4.78 is 29.3. The molecule has 0 atom stereocenters. The zero-order valence-corrected chi connectivity index (χ0v) is 15.9. The van der Waals surface area contributed by atoms with Gasteiger partial charge in [0.15, 0.2) is 23.3 Å². The fourth-order valence-corrected chi connectivity index (χ4v) is 3.43. The number of aryl methyl sites for hydroxylation is 1. The molecular formula is C19H24F2N6. The van der Waals surface area contributed by atoms with Crippen molar-refractivity contribution < 1.29 is 8.78 Å². The molecule has 27 heavy (non-hydrogen) atoms. The Labute approximate surface area is 157 Å². The minimum Gasteiger partial charge on any atom is -0.351 e. The first-order valence-electron chi connectivity index (χ1n) is 9.50. The maximum Gasteiger partial charge on any atom is 0.187 e. The molecule has 0 spiro atoms. The lowest BCUT2D eigenvalue weighted by Crippen LogP contribution is -2.48. The number of anilines is 2. The summed E-state index contributed by atoms with van der Waals surface area (Å²) in [6.45, 7) is 7.71. The predicted molar refractivity (Wildman–Crippen MR) is 99.2 cm³/mol. The van der Waals surface area contributed by atoms with E-state index in [0.717, 1.165) is 18.7 Å². The van der Waals surface area contributed by atoms with Gasteiger partial charge in [-0.25, -0.2) is 28.7 Å². The van der Waals surface area contributed by atoms with Gasteiger partial charge in [-0.15, -0.1) is 0 Å². The van der Waals surface area contributed by atoms with Crippen molar-refractivity contribution >= 4 is 11.6 Å². The van der Waals surface area contributed by atoms with Gasteiger partial charge in [-0.3, -0.25) is 0 Å². The summed E-state index contributed by atoms with van der Waals surface area (Å²) in [6.07, 6.45) is 3.56. The van der Waals surface area contributed by atoms with Gasteiger partial charge in [-0.2, -0.15) is 0 Å². The minimum absolute atomic E-state index is 0.00743. The van der Waals surface area contributed by atoms with Crippen molar-refractivity contribution in [3.63, 3.8) is 0 Å². The Hall–Kier alpha value is -2.38. The topological polar surface area (TPSA) is 58.0 Å². The van der Waals surface area contributed by atoms with Crippen molar-refractivity contribution in [1.82, 2.24) is 19.9 Å². The molecule has 1 aliphatic heterocycles. The van der Waals surface area contributed by atoms with E-state index in [1.54, 1.807) is 6.92 Å². The van der Waals surface area contributed by atoms with E-state index in [4.69, 9.17) is 0 Å². The lowest BCUT2D eigenvalue weighted by Gasteiger charge is -2.36. The van der Waals surface area contributed by atoms with E-state index in [-0.39, 0.29) is 17.6 Å². The highest BCUT2D eigenvalue weighted by molar-refractivity contribution is 5.48. The number of nitrogens with zero attached hydrogens (tertiary/aromatic N) is 6. The monoisotopic (exact) mass is 374 g/mol. The van der Waals surface area contributed by atoms with Crippen LogP contribution in [0.15, 0.2) is 6.33 Å². The number of piperazine rings is 1. The molecule has 0 bridgehead atoms. The summed E-state index contributed by atoms with van der Waals surface area (Å²) in [5.74, 6) is 1.08. The smallest absolute Gasteiger partial charge is 0.187 e. The van der Waals surface area contributed by atoms with Gasteiger partial charge < -0.3 is 9.80 Å². The predicted octanol–water partition coefficient (Wildman–Crippen LogP) is 3.18. The second-order valence-electron chi connectivity index (χ2n) is 7.60. The van der Waals surface area contributed by atoms with Gasteiger partial charge >= 0.3 is 0 Å². The van der Waals surface area contributed by atoms with Crippen LogP contribution >= 0.6 is 0 Å². The molecule has 2 aromatic rings. The maximum absolute atomic E-state index is 14.7. The van der Waals surface area contributed by atoms with E-state index < -0.39 is 0 Å². The van der Waals surface area contributed by atoms with Crippen molar-refractivity contribution in [3.8, 4) is 0 Å². The number of aromatic nitrogens is 4. The highest BCUT2D eigenvalue weighted by Gasteiger charge is 2.31. The van der Waals surface area contributed by atoms with Crippen LogP contribution in [0.3, 0.4) is 0 Å². The molecule has 2 aromatic heterocycles. The van der Waals surface area contributed by atoms with E-state index in [9.17, 15) is 8.78 Å². The largest absolute Gasteiger partial charge is 0.351 e. The lowest BCUT2D eigenvalue weighted by atomic mass is 10.1. The Morgan fingerprint density at radius 3 is 2.15 bits per heavy atom. The second kappa shape index (κ2) is 6.98. The van der Waals surface area contributed by atoms with Gasteiger partial charge in [-0.05, 0) is 25.7 Å². The molecule has 3 heterocycles. The van der Waals surface area contributed by atoms with Crippen molar-refractivity contribution in [2.75, 3.05) is 36.0 Å². The molecule has 0 amide bonds. The average molecular weight is 374 g/mol. The van der Waals surface area contributed by atoms with Crippen LogP contribution in [-0.2, 0) is 0 Å². The molecule has 0 radical (unpaired) electrons. The van der Waals surface area contributed by atoms with Crippen LogP contribution < -0.4 is 9.80 Å². The fourth-order valence-electron chi connectivity index (χ4n) is 3.43. The third-order valence-corrected chi connectivity index (χ3v) is 5.18. The molecule has 2 aliphatic rings. The number of halogens is 2. The first kappa shape index (κ1) is 18.0. The van der Waals surface area contributed by atoms with Gasteiger partial charge in [0.1, 0.15) is 12.2 Å². The Kier molecular flexibility index (Phi) is 4.65. The molecule has 6 nitrogen and oxygen atoms in total. The molecule has 0 aromatic carbocycles. The quantitative estimate of drug-likeness (QED) is 0.819. The molecule has 144 valence electrons. The Morgan fingerprint density at radius 2 is 1.56 bits per heavy atom. The molecule has 1 saturated heterocycles. The SMILES string of the molecule is Cc1nc(C2CC2)nc(N2CCN(c3ncnc(C(C)C)c3F)CC2)c1F.